The smallest absolute Gasteiger partial charge is 0.295 e. The molecule has 1 atom stereocenters. The van der Waals surface area contributed by atoms with Crippen LogP contribution < -0.4 is 4.74 Å². The van der Waals surface area contributed by atoms with Crippen LogP contribution in [0.25, 0.3) is 5.76 Å². The Hall–Kier alpha value is -2.02. The fraction of sp³-hybridized carbons (Fsp3) is 0.263. The highest BCUT2D eigenvalue weighted by Gasteiger charge is 2.46. The molecular formula is C19H17Cl2NO4S. The topological polar surface area (TPSA) is 66.8 Å². The van der Waals surface area contributed by atoms with Gasteiger partial charge in [-0.25, -0.2) is 0 Å². The molecule has 1 aromatic heterocycles. The summed E-state index contributed by atoms with van der Waals surface area (Å²) < 4.78 is 5.11. The van der Waals surface area contributed by atoms with Crippen LogP contribution in [-0.4, -0.2) is 35.4 Å². The van der Waals surface area contributed by atoms with Crippen molar-refractivity contribution in [1.82, 2.24) is 4.90 Å². The molecule has 1 unspecified atom stereocenters. The summed E-state index contributed by atoms with van der Waals surface area (Å²) in [7, 11) is 1.43. The third kappa shape index (κ3) is 3.45. The first-order valence-corrected chi connectivity index (χ1v) is 9.89. The zero-order valence-electron chi connectivity index (χ0n) is 14.7. The molecule has 2 aromatic rings. The molecule has 1 amide bonds. The lowest BCUT2D eigenvalue weighted by atomic mass is 9.99. The van der Waals surface area contributed by atoms with Crippen LogP contribution in [0.1, 0.15) is 29.8 Å². The Bertz CT molecular complexity index is 901. The van der Waals surface area contributed by atoms with Crippen molar-refractivity contribution < 1.29 is 19.4 Å². The highest BCUT2D eigenvalue weighted by molar-refractivity contribution is 7.10. The lowest BCUT2D eigenvalue weighted by Crippen LogP contribution is -2.30. The molecule has 0 saturated carbocycles. The quantitative estimate of drug-likeness (QED) is 0.420. The average molecular weight is 426 g/mol. The summed E-state index contributed by atoms with van der Waals surface area (Å²) in [6.45, 7) is 2.34. The van der Waals surface area contributed by atoms with Gasteiger partial charge in [0, 0.05) is 17.0 Å². The Morgan fingerprint density at radius 3 is 2.48 bits per heavy atom. The van der Waals surface area contributed by atoms with Crippen molar-refractivity contribution in [2.75, 3.05) is 13.7 Å². The number of nitrogens with zero attached hydrogens (tertiary/aromatic N) is 1. The van der Waals surface area contributed by atoms with E-state index in [-0.39, 0.29) is 32.7 Å². The van der Waals surface area contributed by atoms with Crippen molar-refractivity contribution in [3.63, 3.8) is 0 Å². The maximum absolute atomic E-state index is 12.7. The number of rotatable bonds is 5. The number of ether oxygens (including phenoxy) is 1. The van der Waals surface area contributed by atoms with E-state index in [1.807, 2.05) is 24.4 Å². The van der Waals surface area contributed by atoms with E-state index < -0.39 is 17.7 Å². The molecule has 1 N–H and O–H groups in total. The van der Waals surface area contributed by atoms with Gasteiger partial charge in [0.05, 0.1) is 28.8 Å². The number of methoxy groups -OCH3 is 1. The summed E-state index contributed by atoms with van der Waals surface area (Å²) in [5.74, 6) is -1.38. The summed E-state index contributed by atoms with van der Waals surface area (Å²) in [6, 6.07) is 5.96. The number of likely N-dealkylation sites (tertiary alicyclic amines) is 1. The maximum atomic E-state index is 12.7. The van der Waals surface area contributed by atoms with Gasteiger partial charge in [0.25, 0.3) is 11.7 Å². The SMILES string of the molecule is CCCN1C(=O)C(=O)/C(=C(\O)c2cc(Cl)c(OC)c(Cl)c2)C1c1cccs1. The van der Waals surface area contributed by atoms with Crippen LogP contribution in [0.2, 0.25) is 10.0 Å². The number of ketones is 1. The zero-order chi connectivity index (χ0) is 19.7. The van der Waals surface area contributed by atoms with Crippen LogP contribution in [-0.2, 0) is 9.59 Å². The van der Waals surface area contributed by atoms with E-state index >= 15 is 0 Å². The Kier molecular flexibility index (Phi) is 5.79. The molecule has 1 fully saturated rings. The first kappa shape index (κ1) is 19.7. The summed E-state index contributed by atoms with van der Waals surface area (Å²) in [4.78, 5) is 27.5. The summed E-state index contributed by atoms with van der Waals surface area (Å²) >= 11 is 13.7. The lowest BCUT2D eigenvalue weighted by molar-refractivity contribution is -0.139. The summed E-state index contributed by atoms with van der Waals surface area (Å²) in [5, 5.41) is 13.2. The number of aliphatic hydroxyl groups is 1. The number of benzene rings is 1. The molecule has 5 nitrogen and oxygen atoms in total. The van der Waals surface area contributed by atoms with Crippen LogP contribution in [0, 0.1) is 0 Å². The molecule has 0 radical (unpaired) electrons. The van der Waals surface area contributed by atoms with E-state index in [0.717, 1.165) is 4.88 Å². The first-order valence-electron chi connectivity index (χ1n) is 8.25. The monoisotopic (exact) mass is 425 g/mol. The Balaban J connectivity index is 2.19. The number of carbonyl (C=O) groups is 2. The zero-order valence-corrected chi connectivity index (χ0v) is 17.0. The molecule has 3 rings (SSSR count). The van der Waals surface area contributed by atoms with Crippen molar-refractivity contribution in [3.05, 3.63) is 55.7 Å². The molecule has 1 aliphatic rings. The molecule has 27 heavy (non-hydrogen) atoms. The summed E-state index contributed by atoms with van der Waals surface area (Å²) in [6.07, 6.45) is 0.690. The van der Waals surface area contributed by atoms with Crippen LogP contribution >= 0.6 is 34.5 Å². The molecule has 1 aliphatic heterocycles. The molecule has 2 heterocycles. The second-order valence-corrected chi connectivity index (χ2v) is 7.77. The highest BCUT2D eigenvalue weighted by atomic mass is 35.5. The largest absolute Gasteiger partial charge is 0.507 e. The van der Waals surface area contributed by atoms with Gasteiger partial charge >= 0.3 is 0 Å². The lowest BCUT2D eigenvalue weighted by Gasteiger charge is -2.23. The van der Waals surface area contributed by atoms with E-state index in [1.54, 1.807) is 0 Å². The van der Waals surface area contributed by atoms with Gasteiger partial charge in [-0.05, 0) is 30.0 Å². The molecule has 8 heteroatoms. The van der Waals surface area contributed by atoms with Crippen LogP contribution in [0.3, 0.4) is 0 Å². The number of thiophene rings is 1. The number of hydrogen-bond donors (Lipinski definition) is 1. The van der Waals surface area contributed by atoms with E-state index in [4.69, 9.17) is 27.9 Å². The Morgan fingerprint density at radius 1 is 1.30 bits per heavy atom. The number of aliphatic hydroxyl groups excluding tert-OH is 1. The van der Waals surface area contributed by atoms with Gasteiger partial charge in [-0.1, -0.05) is 36.2 Å². The summed E-state index contributed by atoms with van der Waals surface area (Å²) in [5.41, 5.74) is 0.287. The minimum atomic E-state index is -0.720. The molecule has 1 saturated heterocycles. The van der Waals surface area contributed by atoms with Gasteiger partial charge in [-0.15, -0.1) is 11.3 Å². The third-order valence-corrected chi connectivity index (χ3v) is 5.78. The van der Waals surface area contributed by atoms with E-state index in [9.17, 15) is 14.7 Å². The second-order valence-electron chi connectivity index (χ2n) is 5.98. The van der Waals surface area contributed by atoms with Crippen molar-refractivity contribution in [3.8, 4) is 5.75 Å². The fourth-order valence-electron chi connectivity index (χ4n) is 3.14. The molecular weight excluding hydrogens is 409 g/mol. The third-order valence-electron chi connectivity index (χ3n) is 4.29. The molecule has 0 spiro atoms. The molecule has 0 bridgehead atoms. The fourth-order valence-corrected chi connectivity index (χ4v) is 4.63. The van der Waals surface area contributed by atoms with E-state index in [2.05, 4.69) is 0 Å². The van der Waals surface area contributed by atoms with Crippen LogP contribution in [0.5, 0.6) is 5.75 Å². The van der Waals surface area contributed by atoms with Gasteiger partial charge in [-0.2, -0.15) is 0 Å². The minimum absolute atomic E-state index is 0.0354. The van der Waals surface area contributed by atoms with Crippen LogP contribution in [0.15, 0.2) is 35.2 Å². The van der Waals surface area contributed by atoms with Gasteiger partial charge < -0.3 is 14.7 Å². The molecule has 1 aromatic carbocycles. The van der Waals surface area contributed by atoms with E-state index in [1.165, 1.54) is 35.5 Å². The number of amides is 1. The highest BCUT2D eigenvalue weighted by Crippen LogP contribution is 2.42. The molecule has 142 valence electrons. The number of carbonyl (C=O) groups excluding carboxylic acids is 2. The Labute approximate surface area is 170 Å². The average Bonchev–Trinajstić information content (AvgIpc) is 3.24. The number of halogens is 2. The second kappa shape index (κ2) is 7.92. The van der Waals surface area contributed by atoms with Crippen molar-refractivity contribution in [1.29, 1.82) is 0 Å². The van der Waals surface area contributed by atoms with Gasteiger partial charge in [0.1, 0.15) is 5.76 Å². The predicted octanol–water partition coefficient (Wildman–Crippen LogP) is 4.90. The first-order chi connectivity index (χ1) is 12.9. The van der Waals surface area contributed by atoms with Crippen LogP contribution in [0.4, 0.5) is 0 Å². The number of Topliss-reactive ketones (excluding diaryl/α,β-unsaturated/α-hetero) is 1. The van der Waals surface area contributed by atoms with Gasteiger partial charge in [0.2, 0.25) is 0 Å². The Morgan fingerprint density at radius 2 is 1.96 bits per heavy atom. The van der Waals surface area contributed by atoms with Crippen molar-refractivity contribution in [2.45, 2.75) is 19.4 Å². The number of hydrogen-bond acceptors (Lipinski definition) is 5. The van der Waals surface area contributed by atoms with E-state index in [0.29, 0.717) is 13.0 Å². The van der Waals surface area contributed by atoms with Gasteiger partial charge in [0.15, 0.2) is 5.75 Å². The molecule has 0 aliphatic carbocycles. The maximum Gasteiger partial charge on any atom is 0.295 e. The van der Waals surface area contributed by atoms with Crippen molar-refractivity contribution in [2.24, 2.45) is 0 Å². The predicted molar refractivity (Wildman–Crippen MR) is 107 cm³/mol. The van der Waals surface area contributed by atoms with Crippen molar-refractivity contribution >= 4 is 52.0 Å². The standard InChI is InChI=1S/C19H17Cl2NO4S/c1-3-6-22-15(13-5-4-7-27-13)14(17(24)19(22)25)16(23)10-8-11(20)18(26-2)12(21)9-10/h4-5,7-9,15,23H,3,6H2,1-2H3/b16-14-. The minimum Gasteiger partial charge on any atom is -0.507 e. The van der Waals surface area contributed by atoms with Gasteiger partial charge in [-0.3, -0.25) is 9.59 Å². The normalized spacial score (nSPS) is 19.0.